The van der Waals surface area contributed by atoms with Gasteiger partial charge in [0.15, 0.2) is 0 Å². The molecule has 2 rings (SSSR count). The minimum absolute atomic E-state index is 0.124. The van der Waals surface area contributed by atoms with E-state index in [-0.39, 0.29) is 10.8 Å². The molecule has 0 unspecified atom stereocenters. The molecule has 8 heteroatoms. The highest BCUT2D eigenvalue weighted by molar-refractivity contribution is 7.92. The maximum Gasteiger partial charge on any atom is 0.271 e. The molecule has 0 fully saturated rings. The maximum atomic E-state index is 12.5. The highest BCUT2D eigenvalue weighted by Gasteiger charge is 2.14. The monoisotopic (exact) mass is 417 g/mol. The number of carbonyl (C=O) groups is 1. The molecule has 2 aromatic carbocycles. The molecule has 0 aliphatic rings. The van der Waals surface area contributed by atoms with Crippen LogP contribution in [0.2, 0.25) is 0 Å². The van der Waals surface area contributed by atoms with Crippen LogP contribution in [-0.2, 0) is 10.0 Å². The Morgan fingerprint density at radius 3 is 2.21 bits per heavy atom. The fraction of sp³-hybridized carbons (Fsp3) is 0.333. The lowest BCUT2D eigenvalue weighted by Crippen LogP contribution is -2.18. The molecule has 0 heterocycles. The number of hydrogen-bond acceptors (Lipinski definition) is 5. The van der Waals surface area contributed by atoms with Gasteiger partial charge in [0.2, 0.25) is 0 Å². The lowest BCUT2D eigenvalue weighted by atomic mass is 10.1. The molecule has 0 aliphatic heterocycles. The van der Waals surface area contributed by atoms with Gasteiger partial charge in [-0.1, -0.05) is 13.8 Å². The number of hydrazone groups is 1. The van der Waals surface area contributed by atoms with Crippen LogP contribution in [0.15, 0.2) is 58.5 Å². The Balaban J connectivity index is 2.01. The summed E-state index contributed by atoms with van der Waals surface area (Å²) in [6.45, 7) is 6.49. The van der Waals surface area contributed by atoms with Crippen LogP contribution >= 0.6 is 0 Å². The number of carbonyl (C=O) groups excluding carboxylic acids is 1. The zero-order valence-electron chi connectivity index (χ0n) is 16.9. The van der Waals surface area contributed by atoms with Crippen molar-refractivity contribution in [2.45, 2.75) is 38.5 Å². The topological polar surface area (TPSA) is 96.9 Å². The molecule has 0 aliphatic carbocycles. The van der Waals surface area contributed by atoms with Crippen LogP contribution in [0.1, 0.15) is 44.0 Å². The average Bonchev–Trinajstić information content (AvgIpc) is 2.72. The van der Waals surface area contributed by atoms with Crippen LogP contribution < -0.4 is 14.9 Å². The van der Waals surface area contributed by atoms with Gasteiger partial charge in [0.25, 0.3) is 15.9 Å². The molecule has 156 valence electrons. The predicted molar refractivity (Wildman–Crippen MR) is 115 cm³/mol. The van der Waals surface area contributed by atoms with E-state index in [1.54, 1.807) is 18.3 Å². The minimum atomic E-state index is -3.74. The van der Waals surface area contributed by atoms with Crippen molar-refractivity contribution >= 4 is 27.8 Å². The fourth-order valence-electron chi connectivity index (χ4n) is 2.55. The van der Waals surface area contributed by atoms with Gasteiger partial charge in [0, 0.05) is 17.5 Å². The fourth-order valence-corrected chi connectivity index (χ4v) is 3.61. The van der Waals surface area contributed by atoms with Crippen LogP contribution in [0.25, 0.3) is 0 Å². The second-order valence-electron chi connectivity index (χ2n) is 6.38. The summed E-state index contributed by atoms with van der Waals surface area (Å²) >= 11 is 0. The van der Waals surface area contributed by atoms with E-state index < -0.39 is 10.0 Å². The third-order valence-electron chi connectivity index (χ3n) is 4.34. The summed E-state index contributed by atoms with van der Waals surface area (Å²) in [4.78, 5) is 12.3. The third kappa shape index (κ3) is 6.60. The van der Waals surface area contributed by atoms with Crippen LogP contribution in [0, 0.1) is 5.92 Å². The molecule has 0 saturated heterocycles. The molecule has 0 aromatic heterocycles. The normalized spacial score (nSPS) is 11.6. The van der Waals surface area contributed by atoms with Crippen molar-refractivity contribution in [2.75, 3.05) is 11.3 Å². The van der Waals surface area contributed by atoms with Crippen molar-refractivity contribution in [3.8, 4) is 5.75 Å². The Hall–Kier alpha value is -2.87. The minimum Gasteiger partial charge on any atom is -0.494 e. The van der Waals surface area contributed by atoms with E-state index in [4.69, 9.17) is 4.74 Å². The number of sulfonamides is 1. The zero-order chi connectivity index (χ0) is 21.3. The van der Waals surface area contributed by atoms with E-state index in [0.717, 1.165) is 12.8 Å². The molecular weight excluding hydrogens is 390 g/mol. The van der Waals surface area contributed by atoms with Crippen molar-refractivity contribution in [1.82, 2.24) is 5.43 Å². The van der Waals surface area contributed by atoms with Crippen molar-refractivity contribution < 1.29 is 17.9 Å². The number of ether oxygens (including phenoxy) is 1. The smallest absolute Gasteiger partial charge is 0.271 e. The van der Waals surface area contributed by atoms with Crippen molar-refractivity contribution in [3.63, 3.8) is 0 Å². The highest BCUT2D eigenvalue weighted by atomic mass is 32.2. The predicted octanol–water partition coefficient (Wildman–Crippen LogP) is 4.04. The quantitative estimate of drug-likeness (QED) is 0.450. The highest BCUT2D eigenvalue weighted by Crippen LogP contribution is 2.19. The number of hydrogen-bond donors (Lipinski definition) is 2. The number of nitrogens with zero attached hydrogens (tertiary/aromatic N) is 1. The van der Waals surface area contributed by atoms with Gasteiger partial charge in [-0.2, -0.15) is 5.10 Å². The first kappa shape index (κ1) is 22.4. The van der Waals surface area contributed by atoms with Crippen LogP contribution in [0.5, 0.6) is 5.75 Å². The van der Waals surface area contributed by atoms with Gasteiger partial charge in [0.1, 0.15) is 5.75 Å². The van der Waals surface area contributed by atoms with Gasteiger partial charge >= 0.3 is 0 Å². The van der Waals surface area contributed by atoms with Gasteiger partial charge < -0.3 is 4.74 Å². The lowest BCUT2D eigenvalue weighted by molar-refractivity contribution is 0.0955. The molecular formula is C21H27N3O4S. The lowest BCUT2D eigenvalue weighted by Gasteiger charge is -2.10. The summed E-state index contributed by atoms with van der Waals surface area (Å²) in [7, 11) is -3.74. The Morgan fingerprint density at radius 2 is 1.66 bits per heavy atom. The van der Waals surface area contributed by atoms with Crippen molar-refractivity contribution in [3.05, 3.63) is 54.1 Å². The number of amides is 1. The molecule has 1 amide bonds. The second kappa shape index (κ2) is 10.6. The van der Waals surface area contributed by atoms with Crippen molar-refractivity contribution in [1.29, 1.82) is 0 Å². The maximum absolute atomic E-state index is 12.5. The second-order valence-corrected chi connectivity index (χ2v) is 8.07. The summed E-state index contributed by atoms with van der Waals surface area (Å²) in [5, 5.41) is 3.99. The molecule has 0 saturated carbocycles. The molecule has 0 radical (unpaired) electrons. The first-order valence-electron chi connectivity index (χ1n) is 9.58. The molecule has 7 nitrogen and oxygen atoms in total. The summed E-state index contributed by atoms with van der Waals surface area (Å²) in [6, 6.07) is 12.3. The van der Waals surface area contributed by atoms with Gasteiger partial charge in [0.05, 0.1) is 11.5 Å². The Labute approximate surface area is 172 Å². The summed E-state index contributed by atoms with van der Waals surface area (Å²) in [5.41, 5.74) is 3.23. The first-order chi connectivity index (χ1) is 13.9. The summed E-state index contributed by atoms with van der Waals surface area (Å²) in [5.74, 6) is 0.580. The molecule has 0 atom stereocenters. The number of nitrogens with one attached hydrogen (secondary N) is 2. The van der Waals surface area contributed by atoms with E-state index >= 15 is 0 Å². The largest absolute Gasteiger partial charge is 0.494 e. The van der Waals surface area contributed by atoms with E-state index in [9.17, 15) is 13.2 Å². The molecule has 2 aromatic rings. The SMILES string of the molecule is CCOc1ccc(S(=O)(=O)Nc2ccc(C(=O)N/N=C/C(CC)CC)cc2)cc1. The van der Waals surface area contributed by atoms with Crippen molar-refractivity contribution in [2.24, 2.45) is 11.0 Å². The molecule has 0 bridgehead atoms. The third-order valence-corrected chi connectivity index (χ3v) is 5.74. The van der Waals surface area contributed by atoms with Crippen LogP contribution in [-0.4, -0.2) is 27.1 Å². The number of anilines is 1. The standard InChI is InChI=1S/C21H27N3O4S/c1-4-16(5-2)15-22-23-21(25)17-7-9-18(10-8-17)24-29(26,27)20-13-11-19(12-14-20)28-6-3/h7-16,24H,4-6H2,1-3H3,(H,23,25)/b22-15+. The Morgan fingerprint density at radius 1 is 1.03 bits per heavy atom. The van der Waals surface area contributed by atoms with E-state index in [1.165, 1.54) is 36.4 Å². The van der Waals surface area contributed by atoms with Crippen LogP contribution in [0.3, 0.4) is 0 Å². The van der Waals surface area contributed by atoms with Gasteiger partial charge in [-0.25, -0.2) is 13.8 Å². The van der Waals surface area contributed by atoms with E-state index in [0.29, 0.717) is 29.5 Å². The molecule has 0 spiro atoms. The Bertz CT molecular complexity index is 919. The first-order valence-corrected chi connectivity index (χ1v) is 11.1. The van der Waals surface area contributed by atoms with E-state index in [2.05, 4.69) is 29.1 Å². The van der Waals surface area contributed by atoms with Gasteiger partial charge in [-0.05, 0) is 74.2 Å². The summed E-state index contributed by atoms with van der Waals surface area (Å²) in [6.07, 6.45) is 3.65. The zero-order valence-corrected chi connectivity index (χ0v) is 17.7. The molecule has 29 heavy (non-hydrogen) atoms. The number of rotatable bonds is 10. The Kier molecular flexibility index (Phi) is 8.21. The van der Waals surface area contributed by atoms with Crippen LogP contribution in [0.4, 0.5) is 5.69 Å². The van der Waals surface area contributed by atoms with Gasteiger partial charge in [-0.15, -0.1) is 0 Å². The van der Waals surface area contributed by atoms with E-state index in [1.807, 2.05) is 6.92 Å². The van der Waals surface area contributed by atoms with Gasteiger partial charge in [-0.3, -0.25) is 9.52 Å². The average molecular weight is 418 g/mol. The molecule has 2 N–H and O–H groups in total. The summed E-state index contributed by atoms with van der Waals surface area (Å²) < 4.78 is 32.8. The number of benzene rings is 2.